The highest BCUT2D eigenvalue weighted by Gasteiger charge is 2.20. The minimum absolute atomic E-state index is 0.0839. The van der Waals surface area contributed by atoms with Crippen molar-refractivity contribution in [3.05, 3.63) is 48.5 Å². The number of nitrogens with zero attached hydrogens (tertiary/aromatic N) is 3. The number of aromatic nitrogens is 2. The Bertz CT molecular complexity index is 929. The van der Waals surface area contributed by atoms with Gasteiger partial charge in [-0.15, -0.1) is 0 Å². The molecule has 1 saturated heterocycles. The number of amides is 1. The van der Waals surface area contributed by atoms with Gasteiger partial charge in [0.1, 0.15) is 18.1 Å². The molecule has 26 heavy (non-hydrogen) atoms. The molecule has 0 N–H and O–H groups in total. The van der Waals surface area contributed by atoms with Crippen molar-refractivity contribution in [2.45, 2.75) is 6.54 Å². The van der Waals surface area contributed by atoms with Crippen LogP contribution in [0.3, 0.4) is 0 Å². The van der Waals surface area contributed by atoms with Gasteiger partial charge in [0.15, 0.2) is 0 Å². The Labute approximate surface area is 152 Å². The summed E-state index contributed by atoms with van der Waals surface area (Å²) in [5.41, 5.74) is 2.75. The van der Waals surface area contributed by atoms with Crippen molar-refractivity contribution in [3.8, 4) is 17.1 Å². The number of para-hydroxylation sites is 2. The van der Waals surface area contributed by atoms with Crippen molar-refractivity contribution in [3.63, 3.8) is 0 Å². The van der Waals surface area contributed by atoms with E-state index in [0.29, 0.717) is 26.3 Å². The zero-order chi connectivity index (χ0) is 17.9. The zero-order valence-corrected chi connectivity index (χ0v) is 14.7. The van der Waals surface area contributed by atoms with Crippen LogP contribution in [0.5, 0.6) is 5.75 Å². The lowest BCUT2D eigenvalue weighted by Crippen LogP contribution is -2.42. The number of hydrogen-bond acceptors (Lipinski definition) is 4. The van der Waals surface area contributed by atoms with Gasteiger partial charge in [-0.05, 0) is 24.3 Å². The lowest BCUT2D eigenvalue weighted by atomic mass is 10.2. The van der Waals surface area contributed by atoms with Crippen LogP contribution in [-0.4, -0.2) is 53.8 Å². The predicted octanol–water partition coefficient (Wildman–Crippen LogP) is 2.57. The van der Waals surface area contributed by atoms with Gasteiger partial charge in [0.25, 0.3) is 0 Å². The van der Waals surface area contributed by atoms with Gasteiger partial charge in [0.05, 0.1) is 31.4 Å². The van der Waals surface area contributed by atoms with Gasteiger partial charge in [-0.1, -0.05) is 24.3 Å². The Hall–Kier alpha value is -2.86. The first kappa shape index (κ1) is 16.6. The molecule has 1 aliphatic rings. The third kappa shape index (κ3) is 3.15. The summed E-state index contributed by atoms with van der Waals surface area (Å²) >= 11 is 0. The number of fused-ring (bicyclic) bond motifs is 1. The predicted molar refractivity (Wildman–Crippen MR) is 99.1 cm³/mol. The van der Waals surface area contributed by atoms with Crippen molar-refractivity contribution in [2.24, 2.45) is 0 Å². The Morgan fingerprint density at radius 2 is 1.96 bits per heavy atom. The first-order chi connectivity index (χ1) is 12.8. The minimum atomic E-state index is 0.0839. The van der Waals surface area contributed by atoms with Gasteiger partial charge in [-0.25, -0.2) is 4.98 Å². The Morgan fingerprint density at radius 1 is 1.15 bits per heavy atom. The minimum Gasteiger partial charge on any atom is -0.497 e. The molecule has 2 heterocycles. The van der Waals surface area contributed by atoms with E-state index < -0.39 is 0 Å². The van der Waals surface area contributed by atoms with Gasteiger partial charge >= 0.3 is 0 Å². The number of rotatable bonds is 4. The maximum absolute atomic E-state index is 12.8. The molecule has 0 spiro atoms. The van der Waals surface area contributed by atoms with Crippen LogP contribution >= 0.6 is 0 Å². The summed E-state index contributed by atoms with van der Waals surface area (Å²) in [4.78, 5) is 19.4. The molecule has 6 nitrogen and oxygen atoms in total. The van der Waals surface area contributed by atoms with Gasteiger partial charge in [0.2, 0.25) is 5.91 Å². The highest BCUT2D eigenvalue weighted by atomic mass is 16.5. The Kier molecular flexibility index (Phi) is 4.58. The maximum atomic E-state index is 12.8. The first-order valence-electron chi connectivity index (χ1n) is 8.71. The molecule has 0 radical (unpaired) electrons. The number of methoxy groups -OCH3 is 1. The van der Waals surface area contributed by atoms with Crippen LogP contribution in [0.15, 0.2) is 48.5 Å². The number of imidazole rings is 1. The van der Waals surface area contributed by atoms with E-state index in [0.717, 1.165) is 28.2 Å². The SMILES string of the molecule is COc1cccc(-c2nc3ccccc3n2CC(=O)N2CCOCC2)c1. The zero-order valence-electron chi connectivity index (χ0n) is 14.7. The fraction of sp³-hybridized carbons (Fsp3) is 0.300. The van der Waals surface area contributed by atoms with Crippen LogP contribution in [-0.2, 0) is 16.1 Å². The van der Waals surface area contributed by atoms with E-state index in [2.05, 4.69) is 0 Å². The molecular formula is C20H21N3O3. The maximum Gasteiger partial charge on any atom is 0.242 e. The second kappa shape index (κ2) is 7.17. The van der Waals surface area contributed by atoms with E-state index in [4.69, 9.17) is 14.5 Å². The monoisotopic (exact) mass is 351 g/mol. The summed E-state index contributed by atoms with van der Waals surface area (Å²) in [7, 11) is 1.64. The molecule has 0 saturated carbocycles. The molecular weight excluding hydrogens is 330 g/mol. The normalized spacial score (nSPS) is 14.6. The van der Waals surface area contributed by atoms with Crippen LogP contribution in [0.25, 0.3) is 22.4 Å². The topological polar surface area (TPSA) is 56.6 Å². The van der Waals surface area contributed by atoms with Gasteiger partial charge in [0, 0.05) is 18.7 Å². The number of benzene rings is 2. The highest BCUT2D eigenvalue weighted by molar-refractivity contribution is 5.84. The Morgan fingerprint density at radius 3 is 2.77 bits per heavy atom. The molecule has 6 heteroatoms. The molecule has 0 aliphatic carbocycles. The summed E-state index contributed by atoms with van der Waals surface area (Å²) in [6.07, 6.45) is 0. The number of ether oxygens (including phenoxy) is 2. The number of hydrogen-bond donors (Lipinski definition) is 0. The molecule has 134 valence electrons. The summed E-state index contributed by atoms with van der Waals surface area (Å²) in [5, 5.41) is 0. The van der Waals surface area contributed by atoms with Crippen LogP contribution < -0.4 is 4.74 Å². The molecule has 0 atom stereocenters. The average Bonchev–Trinajstić information content (AvgIpc) is 3.07. The fourth-order valence-corrected chi connectivity index (χ4v) is 3.27. The number of carbonyl (C=O) groups is 1. The molecule has 3 aromatic rings. The van der Waals surface area contributed by atoms with Gasteiger partial charge < -0.3 is 18.9 Å². The molecule has 0 bridgehead atoms. The van der Waals surface area contributed by atoms with Crippen LogP contribution in [0.2, 0.25) is 0 Å². The summed E-state index contributed by atoms with van der Waals surface area (Å²) in [6.45, 7) is 2.73. The van der Waals surface area contributed by atoms with E-state index in [-0.39, 0.29) is 12.5 Å². The van der Waals surface area contributed by atoms with E-state index >= 15 is 0 Å². The van der Waals surface area contributed by atoms with Crippen molar-refractivity contribution in [2.75, 3.05) is 33.4 Å². The van der Waals surface area contributed by atoms with Crippen molar-refractivity contribution >= 4 is 16.9 Å². The van der Waals surface area contributed by atoms with Crippen LogP contribution in [0, 0.1) is 0 Å². The second-order valence-corrected chi connectivity index (χ2v) is 6.24. The standard InChI is InChI=1S/C20H21N3O3/c1-25-16-6-4-5-15(13-16)20-21-17-7-2-3-8-18(17)23(20)14-19(24)22-9-11-26-12-10-22/h2-8,13H,9-12,14H2,1H3. The summed E-state index contributed by atoms with van der Waals surface area (Å²) in [6, 6.07) is 15.6. The molecule has 1 fully saturated rings. The van der Waals surface area contributed by atoms with Crippen molar-refractivity contribution in [1.29, 1.82) is 0 Å². The molecule has 1 aromatic heterocycles. The quantitative estimate of drug-likeness (QED) is 0.725. The summed E-state index contributed by atoms with van der Waals surface area (Å²) in [5.74, 6) is 1.62. The molecule has 2 aromatic carbocycles. The lowest BCUT2D eigenvalue weighted by molar-refractivity contribution is -0.135. The second-order valence-electron chi connectivity index (χ2n) is 6.24. The third-order valence-electron chi connectivity index (χ3n) is 4.64. The summed E-state index contributed by atoms with van der Waals surface area (Å²) < 4.78 is 12.7. The fourth-order valence-electron chi connectivity index (χ4n) is 3.27. The van der Waals surface area contributed by atoms with Crippen LogP contribution in [0.1, 0.15) is 0 Å². The largest absolute Gasteiger partial charge is 0.497 e. The first-order valence-corrected chi connectivity index (χ1v) is 8.71. The van der Waals surface area contributed by atoms with E-state index in [1.807, 2.05) is 58.0 Å². The van der Waals surface area contributed by atoms with Crippen molar-refractivity contribution < 1.29 is 14.3 Å². The molecule has 1 aliphatic heterocycles. The van der Waals surface area contributed by atoms with E-state index in [9.17, 15) is 4.79 Å². The Balaban J connectivity index is 1.75. The third-order valence-corrected chi connectivity index (χ3v) is 4.64. The van der Waals surface area contributed by atoms with E-state index in [1.54, 1.807) is 7.11 Å². The number of carbonyl (C=O) groups excluding carboxylic acids is 1. The molecule has 4 rings (SSSR count). The van der Waals surface area contributed by atoms with E-state index in [1.165, 1.54) is 0 Å². The smallest absolute Gasteiger partial charge is 0.242 e. The van der Waals surface area contributed by atoms with Gasteiger partial charge in [-0.2, -0.15) is 0 Å². The van der Waals surface area contributed by atoms with Crippen molar-refractivity contribution in [1.82, 2.24) is 14.5 Å². The highest BCUT2D eigenvalue weighted by Crippen LogP contribution is 2.27. The molecule has 1 amide bonds. The number of morpholine rings is 1. The van der Waals surface area contributed by atoms with Crippen LogP contribution in [0.4, 0.5) is 0 Å². The average molecular weight is 351 g/mol. The molecule has 0 unspecified atom stereocenters. The van der Waals surface area contributed by atoms with Gasteiger partial charge in [-0.3, -0.25) is 4.79 Å². The lowest BCUT2D eigenvalue weighted by Gasteiger charge is -2.27.